The summed E-state index contributed by atoms with van der Waals surface area (Å²) < 4.78 is 0. The molecular weight excluding hydrogens is 590 g/mol. The van der Waals surface area contributed by atoms with Crippen LogP contribution in [0.15, 0.2) is 97.1 Å². The lowest BCUT2D eigenvalue weighted by atomic mass is 9.95. The Morgan fingerprint density at radius 2 is 1.13 bits per heavy atom. The second-order valence-corrected chi connectivity index (χ2v) is 12.1. The molecule has 3 N–H and O–H groups in total. The molecule has 4 aromatic rings. The van der Waals surface area contributed by atoms with Crippen LogP contribution in [-0.4, -0.2) is 70.3 Å². The molecular formula is C39H37N3O5. The minimum absolute atomic E-state index is 0.0188. The Balaban J connectivity index is 1.17. The Labute approximate surface area is 274 Å². The molecule has 0 spiro atoms. The molecule has 0 saturated heterocycles. The van der Waals surface area contributed by atoms with Crippen molar-refractivity contribution in [2.75, 3.05) is 26.2 Å². The molecule has 0 aliphatic heterocycles. The minimum atomic E-state index is -1.20. The van der Waals surface area contributed by atoms with Gasteiger partial charge < -0.3 is 20.4 Å². The van der Waals surface area contributed by atoms with Crippen LogP contribution in [0.4, 0.5) is 9.59 Å². The van der Waals surface area contributed by atoms with Crippen LogP contribution in [-0.2, 0) is 4.79 Å². The van der Waals surface area contributed by atoms with Crippen molar-refractivity contribution in [1.82, 2.24) is 15.1 Å². The van der Waals surface area contributed by atoms with Gasteiger partial charge in [-0.25, -0.2) is 9.59 Å². The molecule has 2 aliphatic carbocycles. The molecule has 0 heterocycles. The van der Waals surface area contributed by atoms with E-state index in [1.165, 1.54) is 9.80 Å². The van der Waals surface area contributed by atoms with Crippen molar-refractivity contribution in [3.63, 3.8) is 0 Å². The van der Waals surface area contributed by atoms with Crippen molar-refractivity contribution in [1.29, 1.82) is 0 Å². The summed E-state index contributed by atoms with van der Waals surface area (Å²) in [7, 11) is 0. The highest BCUT2D eigenvalue weighted by molar-refractivity contribution is 5.86. The maximum atomic E-state index is 13.4. The largest absolute Gasteiger partial charge is 0.465 e. The first-order valence-electron chi connectivity index (χ1n) is 15.9. The van der Waals surface area contributed by atoms with E-state index in [9.17, 15) is 24.6 Å². The van der Waals surface area contributed by atoms with Gasteiger partial charge in [-0.3, -0.25) is 9.69 Å². The Bertz CT molecular complexity index is 1760. The Hall–Kier alpha value is -5.55. The molecule has 8 nitrogen and oxygen atoms in total. The van der Waals surface area contributed by atoms with Gasteiger partial charge in [-0.1, -0.05) is 103 Å². The number of fused-ring (bicyclic) bond motifs is 6. The van der Waals surface area contributed by atoms with E-state index < -0.39 is 24.1 Å². The van der Waals surface area contributed by atoms with Crippen LogP contribution in [0.1, 0.15) is 53.4 Å². The number of carbonyl (C=O) groups excluding carboxylic acids is 1. The predicted molar refractivity (Wildman–Crippen MR) is 181 cm³/mol. The third-order valence-electron chi connectivity index (χ3n) is 9.42. The monoisotopic (exact) mass is 627 g/mol. The van der Waals surface area contributed by atoms with Crippen LogP contribution < -0.4 is 5.32 Å². The summed E-state index contributed by atoms with van der Waals surface area (Å²) in [5, 5.41) is 23.3. The van der Waals surface area contributed by atoms with E-state index in [0.717, 1.165) is 44.5 Å². The van der Waals surface area contributed by atoms with Gasteiger partial charge in [-0.2, -0.15) is 0 Å². The zero-order chi connectivity index (χ0) is 32.9. The predicted octanol–water partition coefficient (Wildman–Crippen LogP) is 6.86. The third kappa shape index (κ3) is 6.30. The lowest BCUT2D eigenvalue weighted by Gasteiger charge is -2.31. The Morgan fingerprint density at radius 1 is 0.681 bits per heavy atom. The third-order valence-corrected chi connectivity index (χ3v) is 9.42. The van der Waals surface area contributed by atoms with E-state index >= 15 is 0 Å². The number of amides is 3. The van der Waals surface area contributed by atoms with Gasteiger partial charge >= 0.3 is 12.2 Å². The molecule has 0 aromatic heterocycles. The van der Waals surface area contributed by atoms with Gasteiger partial charge in [0, 0.05) is 31.5 Å². The van der Waals surface area contributed by atoms with E-state index in [0.29, 0.717) is 19.4 Å². The number of nitrogens with zero attached hydrogens (tertiary/aromatic N) is 2. The van der Waals surface area contributed by atoms with Crippen molar-refractivity contribution in [2.45, 2.75) is 37.1 Å². The molecule has 0 radical (unpaired) electrons. The highest BCUT2D eigenvalue weighted by Gasteiger charge is 2.36. The van der Waals surface area contributed by atoms with Gasteiger partial charge in [0.2, 0.25) is 5.91 Å². The molecule has 0 saturated carbocycles. The van der Waals surface area contributed by atoms with E-state index in [1.807, 2.05) is 72.8 Å². The fraction of sp³-hybridized carbons (Fsp3) is 0.256. The number of unbranched alkanes of at least 4 members (excludes halogenated alkanes) is 1. The minimum Gasteiger partial charge on any atom is -0.465 e. The fourth-order valence-electron chi connectivity index (χ4n) is 7.26. The average Bonchev–Trinajstić information content (AvgIpc) is 3.58. The first-order chi connectivity index (χ1) is 22.9. The summed E-state index contributed by atoms with van der Waals surface area (Å²) in [4.78, 5) is 41.2. The lowest BCUT2D eigenvalue weighted by molar-refractivity contribution is -0.126. The smallest absolute Gasteiger partial charge is 0.408 e. The quantitative estimate of drug-likeness (QED) is 0.117. The topological polar surface area (TPSA) is 110 Å². The molecule has 0 bridgehead atoms. The molecule has 2 aliphatic rings. The summed E-state index contributed by atoms with van der Waals surface area (Å²) in [6.45, 7) is 0.636. The number of carbonyl (C=O) groups is 3. The number of carboxylic acid groups (broad SMARTS) is 2. The maximum Gasteiger partial charge on any atom is 0.408 e. The molecule has 0 fully saturated rings. The molecule has 47 heavy (non-hydrogen) atoms. The molecule has 8 heteroatoms. The zero-order valence-electron chi connectivity index (χ0n) is 26.0. The highest BCUT2D eigenvalue weighted by atomic mass is 16.4. The second-order valence-electron chi connectivity index (χ2n) is 12.1. The number of benzene rings is 4. The maximum absolute atomic E-state index is 13.4. The van der Waals surface area contributed by atoms with E-state index in [4.69, 9.17) is 6.42 Å². The van der Waals surface area contributed by atoms with Gasteiger partial charge in [0.1, 0.15) is 6.04 Å². The lowest BCUT2D eigenvalue weighted by Crippen LogP contribution is -2.50. The zero-order valence-corrected chi connectivity index (χ0v) is 26.0. The summed E-state index contributed by atoms with van der Waals surface area (Å²) in [5.74, 6) is 1.62. The number of hydrogen-bond acceptors (Lipinski definition) is 3. The summed E-state index contributed by atoms with van der Waals surface area (Å²) in [6.07, 6.45) is 4.32. The van der Waals surface area contributed by atoms with Gasteiger partial charge in [-0.05, 0) is 63.8 Å². The van der Waals surface area contributed by atoms with Crippen LogP contribution in [0.2, 0.25) is 0 Å². The van der Waals surface area contributed by atoms with Gasteiger partial charge in [-0.15, -0.1) is 6.42 Å². The number of nitrogens with one attached hydrogen (secondary N) is 1. The molecule has 4 aromatic carbocycles. The summed E-state index contributed by atoms with van der Waals surface area (Å²) in [6, 6.07) is 31.1. The number of rotatable bonds is 12. The normalized spacial score (nSPS) is 13.4. The second kappa shape index (κ2) is 13.8. The highest BCUT2D eigenvalue weighted by Crippen LogP contribution is 2.46. The first-order valence-corrected chi connectivity index (χ1v) is 15.9. The van der Waals surface area contributed by atoms with E-state index in [-0.39, 0.29) is 37.9 Å². The van der Waals surface area contributed by atoms with Crippen LogP contribution in [0.5, 0.6) is 0 Å². The van der Waals surface area contributed by atoms with Gasteiger partial charge in [0.15, 0.2) is 0 Å². The van der Waals surface area contributed by atoms with Crippen LogP contribution in [0.3, 0.4) is 0 Å². The van der Waals surface area contributed by atoms with E-state index in [1.54, 1.807) is 0 Å². The Morgan fingerprint density at radius 3 is 1.55 bits per heavy atom. The van der Waals surface area contributed by atoms with Crippen molar-refractivity contribution < 1.29 is 24.6 Å². The van der Waals surface area contributed by atoms with Gasteiger partial charge in [0.05, 0.1) is 6.54 Å². The van der Waals surface area contributed by atoms with E-state index in [2.05, 4.69) is 35.5 Å². The SMILES string of the molecule is C#CCNC(=O)[C@H](CCCCN(CC1c2ccccc2-c2ccccc21)C(=O)O)N(CC1c2ccccc2-c2ccccc21)C(=O)O. The van der Waals surface area contributed by atoms with Crippen molar-refractivity contribution >= 4 is 18.1 Å². The number of hydrogen-bond donors (Lipinski definition) is 3. The average molecular weight is 628 g/mol. The molecule has 0 unspecified atom stereocenters. The molecule has 6 rings (SSSR count). The molecule has 238 valence electrons. The van der Waals surface area contributed by atoms with Crippen molar-refractivity contribution in [3.8, 4) is 34.6 Å². The van der Waals surface area contributed by atoms with Crippen LogP contribution in [0, 0.1) is 12.3 Å². The number of terminal acetylenes is 1. The summed E-state index contributed by atoms with van der Waals surface area (Å²) >= 11 is 0. The summed E-state index contributed by atoms with van der Waals surface area (Å²) in [5.41, 5.74) is 8.64. The Kier molecular flexibility index (Phi) is 9.25. The van der Waals surface area contributed by atoms with Crippen LogP contribution >= 0.6 is 0 Å². The van der Waals surface area contributed by atoms with Gasteiger partial charge in [0.25, 0.3) is 0 Å². The van der Waals surface area contributed by atoms with Crippen LogP contribution in [0.25, 0.3) is 22.3 Å². The standard InChI is InChI=1S/C39H37N3O5/c1-2-22-40-37(43)36(42(39(46)47)25-35-32-19-9-5-15-28(32)29-16-6-10-20-33(29)35)21-11-12-23-41(38(44)45)24-34-30-17-7-3-13-26(30)27-14-4-8-18-31(27)34/h1,3-10,13-20,34-36H,11-12,21-25H2,(H,40,43)(H,44,45)(H,46,47)/t36-/m0/s1. The molecule has 3 amide bonds. The first kappa shape index (κ1) is 31.4. The van der Waals surface area contributed by atoms with Crippen molar-refractivity contribution in [2.24, 2.45) is 0 Å². The molecule has 1 atom stereocenters. The van der Waals surface area contributed by atoms with Crippen molar-refractivity contribution in [3.05, 3.63) is 119 Å². The fourth-order valence-corrected chi connectivity index (χ4v) is 7.26.